The van der Waals surface area contributed by atoms with Crippen molar-refractivity contribution < 1.29 is 0 Å². The lowest BCUT2D eigenvalue weighted by atomic mass is 10.2. The van der Waals surface area contributed by atoms with Gasteiger partial charge in [-0.3, -0.25) is 4.98 Å². The third-order valence-electron chi connectivity index (χ3n) is 3.29. The van der Waals surface area contributed by atoms with E-state index in [0.29, 0.717) is 12.3 Å². The third-order valence-corrected chi connectivity index (χ3v) is 6.08. The van der Waals surface area contributed by atoms with E-state index in [9.17, 15) is 0 Å². The predicted molar refractivity (Wildman–Crippen MR) is 100 cm³/mol. The molecular formula is C14H15BrN6S2. The SMILES string of the molecule is N[C@@H](CS)Cc1sc2c(NCc3ccncc3)nnnc2c1Br. The van der Waals surface area contributed by atoms with Crippen LogP contribution in [0, 0.1) is 0 Å². The van der Waals surface area contributed by atoms with Crippen LogP contribution in [0.3, 0.4) is 0 Å². The Kier molecular flexibility index (Phi) is 5.42. The normalized spacial score (nSPS) is 12.5. The number of nitrogens with one attached hydrogen (secondary N) is 1. The van der Waals surface area contributed by atoms with Crippen molar-refractivity contribution in [2.75, 3.05) is 11.1 Å². The van der Waals surface area contributed by atoms with Crippen LogP contribution < -0.4 is 11.1 Å². The Hall–Kier alpha value is -1.29. The van der Waals surface area contributed by atoms with Crippen LogP contribution in [0.4, 0.5) is 5.82 Å². The van der Waals surface area contributed by atoms with E-state index < -0.39 is 0 Å². The maximum absolute atomic E-state index is 6.00. The topological polar surface area (TPSA) is 89.6 Å². The molecule has 6 nitrogen and oxygen atoms in total. The number of halogens is 1. The summed E-state index contributed by atoms with van der Waals surface area (Å²) >= 11 is 9.48. The van der Waals surface area contributed by atoms with Crippen LogP contribution >= 0.6 is 39.9 Å². The van der Waals surface area contributed by atoms with Crippen LogP contribution in [0.2, 0.25) is 0 Å². The molecule has 3 aromatic rings. The molecule has 0 saturated heterocycles. The Labute approximate surface area is 151 Å². The number of fused-ring (bicyclic) bond motifs is 1. The van der Waals surface area contributed by atoms with Crippen molar-refractivity contribution in [1.82, 2.24) is 20.4 Å². The number of hydrogen-bond donors (Lipinski definition) is 3. The fourth-order valence-corrected chi connectivity index (χ4v) is 4.21. The van der Waals surface area contributed by atoms with Gasteiger partial charge in [0.1, 0.15) is 10.2 Å². The van der Waals surface area contributed by atoms with Crippen molar-refractivity contribution in [2.45, 2.75) is 19.0 Å². The zero-order chi connectivity index (χ0) is 16.2. The molecule has 0 saturated carbocycles. The number of aromatic nitrogens is 4. The molecule has 3 aromatic heterocycles. The van der Waals surface area contributed by atoms with Gasteiger partial charge in [0.2, 0.25) is 0 Å². The molecule has 0 aromatic carbocycles. The maximum Gasteiger partial charge on any atom is 0.170 e. The van der Waals surface area contributed by atoms with Crippen LogP contribution in [0.15, 0.2) is 29.0 Å². The summed E-state index contributed by atoms with van der Waals surface area (Å²) in [7, 11) is 0. The van der Waals surface area contributed by atoms with E-state index in [-0.39, 0.29) is 6.04 Å². The van der Waals surface area contributed by atoms with Gasteiger partial charge in [-0.05, 0) is 45.3 Å². The minimum absolute atomic E-state index is 0.0110. The van der Waals surface area contributed by atoms with Crippen LogP contribution in [0.5, 0.6) is 0 Å². The molecule has 9 heteroatoms. The molecule has 0 aliphatic rings. The van der Waals surface area contributed by atoms with Crippen molar-refractivity contribution in [2.24, 2.45) is 5.73 Å². The van der Waals surface area contributed by atoms with Crippen LogP contribution in [0.25, 0.3) is 10.2 Å². The van der Waals surface area contributed by atoms with Gasteiger partial charge in [-0.25, -0.2) is 0 Å². The molecule has 23 heavy (non-hydrogen) atoms. The summed E-state index contributed by atoms with van der Waals surface area (Å²) in [4.78, 5) is 5.15. The van der Waals surface area contributed by atoms with E-state index >= 15 is 0 Å². The molecule has 3 N–H and O–H groups in total. The molecule has 0 aliphatic heterocycles. The smallest absolute Gasteiger partial charge is 0.170 e. The van der Waals surface area contributed by atoms with Gasteiger partial charge in [-0.1, -0.05) is 0 Å². The average molecular weight is 411 g/mol. The molecule has 0 bridgehead atoms. The van der Waals surface area contributed by atoms with E-state index in [4.69, 9.17) is 5.73 Å². The van der Waals surface area contributed by atoms with Gasteiger partial charge in [-0.2, -0.15) is 12.6 Å². The number of anilines is 1. The van der Waals surface area contributed by atoms with Gasteiger partial charge in [0, 0.05) is 35.6 Å². The van der Waals surface area contributed by atoms with Crippen LogP contribution in [-0.2, 0) is 13.0 Å². The summed E-state index contributed by atoms with van der Waals surface area (Å²) in [5.74, 6) is 1.36. The van der Waals surface area contributed by atoms with Gasteiger partial charge < -0.3 is 11.1 Å². The average Bonchev–Trinajstić information content (AvgIpc) is 2.90. The minimum atomic E-state index is 0.0110. The number of nitrogens with zero attached hydrogens (tertiary/aromatic N) is 4. The first-order chi connectivity index (χ1) is 11.2. The van der Waals surface area contributed by atoms with Crippen molar-refractivity contribution >= 4 is 55.9 Å². The van der Waals surface area contributed by atoms with Crippen molar-refractivity contribution in [3.05, 3.63) is 39.4 Å². The second kappa shape index (κ2) is 7.52. The predicted octanol–water partition coefficient (Wildman–Crippen LogP) is 2.66. The van der Waals surface area contributed by atoms with Gasteiger partial charge >= 0.3 is 0 Å². The molecule has 1 atom stereocenters. The molecule has 0 spiro atoms. The molecule has 3 rings (SSSR count). The molecule has 120 valence electrons. The number of nitrogens with two attached hydrogens (primary N) is 1. The molecule has 0 amide bonds. The lowest BCUT2D eigenvalue weighted by Crippen LogP contribution is -2.24. The second-order valence-electron chi connectivity index (χ2n) is 5.01. The third kappa shape index (κ3) is 3.79. The summed E-state index contributed by atoms with van der Waals surface area (Å²) in [5.41, 5.74) is 7.94. The quantitative estimate of drug-likeness (QED) is 0.541. The number of thiophene rings is 1. The summed E-state index contributed by atoms with van der Waals surface area (Å²) in [6.07, 6.45) is 4.28. The van der Waals surface area contributed by atoms with E-state index in [1.165, 1.54) is 0 Å². The first-order valence-electron chi connectivity index (χ1n) is 6.98. The van der Waals surface area contributed by atoms with E-state index in [2.05, 4.69) is 54.3 Å². The summed E-state index contributed by atoms with van der Waals surface area (Å²) in [5, 5.41) is 15.4. The van der Waals surface area contributed by atoms with Crippen molar-refractivity contribution in [1.29, 1.82) is 0 Å². The molecular weight excluding hydrogens is 396 g/mol. The summed E-state index contributed by atoms with van der Waals surface area (Å²) < 4.78 is 1.92. The Morgan fingerprint density at radius 1 is 1.30 bits per heavy atom. The zero-order valence-electron chi connectivity index (χ0n) is 12.1. The number of hydrogen-bond acceptors (Lipinski definition) is 8. The van der Waals surface area contributed by atoms with E-state index in [1.54, 1.807) is 23.7 Å². The molecule has 0 radical (unpaired) electrons. The molecule has 0 aliphatic carbocycles. The Bertz CT molecular complexity index is 795. The van der Waals surface area contributed by atoms with E-state index in [0.717, 1.165) is 37.4 Å². The van der Waals surface area contributed by atoms with Gasteiger partial charge in [0.05, 0.1) is 4.47 Å². The van der Waals surface area contributed by atoms with Crippen molar-refractivity contribution in [3.63, 3.8) is 0 Å². The van der Waals surface area contributed by atoms with Crippen LogP contribution in [0.1, 0.15) is 10.4 Å². The van der Waals surface area contributed by atoms with Gasteiger partial charge in [-0.15, -0.1) is 21.5 Å². The highest BCUT2D eigenvalue weighted by Gasteiger charge is 2.17. The highest BCUT2D eigenvalue weighted by atomic mass is 79.9. The lowest BCUT2D eigenvalue weighted by molar-refractivity contribution is 0.758. The molecule has 0 unspecified atom stereocenters. The first kappa shape index (κ1) is 16.6. The molecule has 0 fully saturated rings. The first-order valence-corrected chi connectivity index (χ1v) is 9.22. The Balaban J connectivity index is 1.87. The van der Waals surface area contributed by atoms with Crippen molar-refractivity contribution in [3.8, 4) is 0 Å². The highest BCUT2D eigenvalue weighted by Crippen LogP contribution is 2.37. The maximum atomic E-state index is 6.00. The summed E-state index contributed by atoms with van der Waals surface area (Å²) in [6, 6.07) is 3.93. The number of rotatable bonds is 6. The minimum Gasteiger partial charge on any atom is -0.363 e. The molecule has 3 heterocycles. The summed E-state index contributed by atoms with van der Waals surface area (Å²) in [6.45, 7) is 0.650. The zero-order valence-corrected chi connectivity index (χ0v) is 15.4. The Morgan fingerprint density at radius 2 is 2.09 bits per heavy atom. The number of pyridine rings is 1. The standard InChI is InChI=1S/C14H15BrN6S2/c15-11-10(5-9(16)7-22)23-13-12(11)19-21-20-14(13)18-6-8-1-3-17-4-2-8/h1-4,9,22H,5-7,16H2,(H,18,19,20)/t9-/m1/s1. The highest BCUT2D eigenvalue weighted by molar-refractivity contribution is 9.10. The van der Waals surface area contributed by atoms with Gasteiger partial charge in [0.25, 0.3) is 0 Å². The largest absolute Gasteiger partial charge is 0.363 e. The van der Waals surface area contributed by atoms with Crippen LogP contribution in [-0.4, -0.2) is 32.2 Å². The Morgan fingerprint density at radius 3 is 2.83 bits per heavy atom. The van der Waals surface area contributed by atoms with E-state index in [1.807, 2.05) is 12.1 Å². The van der Waals surface area contributed by atoms with Gasteiger partial charge in [0.15, 0.2) is 5.82 Å². The number of thiol groups is 1. The monoisotopic (exact) mass is 410 g/mol. The second-order valence-corrected chi connectivity index (χ2v) is 7.27. The fourth-order valence-electron chi connectivity index (χ4n) is 2.09. The lowest BCUT2D eigenvalue weighted by Gasteiger charge is -2.05. The fraction of sp³-hybridized carbons (Fsp3) is 0.286.